The van der Waals surface area contributed by atoms with Gasteiger partial charge in [0.1, 0.15) is 4.84 Å². The van der Waals surface area contributed by atoms with Crippen molar-refractivity contribution < 1.29 is 0 Å². The van der Waals surface area contributed by atoms with E-state index in [4.69, 9.17) is 58.0 Å². The summed E-state index contributed by atoms with van der Waals surface area (Å²) in [6.45, 7) is 0. The van der Waals surface area contributed by atoms with Gasteiger partial charge in [-0.05, 0) is 22.0 Å². The molecule has 0 aliphatic rings. The number of benzene rings is 1. The maximum absolute atomic E-state index is 5.86. The fourth-order valence-corrected chi connectivity index (χ4v) is 2.43. The van der Waals surface area contributed by atoms with E-state index in [1.165, 1.54) is 0 Å². The van der Waals surface area contributed by atoms with E-state index >= 15 is 0 Å². The zero-order chi connectivity index (χ0) is 10.2. The molecular formula is C7H2BrCl5. The lowest BCUT2D eigenvalue weighted by molar-refractivity contribution is 1.34. The lowest BCUT2D eigenvalue weighted by Crippen LogP contribution is -1.86. The van der Waals surface area contributed by atoms with Gasteiger partial charge in [-0.15, -0.1) is 23.2 Å². The summed E-state index contributed by atoms with van der Waals surface area (Å²) < 4.78 is 0.616. The van der Waals surface area contributed by atoms with Crippen LogP contribution in [0.4, 0.5) is 0 Å². The molecule has 0 saturated heterocycles. The second-order valence-corrected chi connectivity index (χ2v) is 5.27. The normalized spacial score (nSPS) is 11.0. The summed E-state index contributed by atoms with van der Waals surface area (Å²) in [6, 6.07) is 1.64. The van der Waals surface area contributed by atoms with Crippen molar-refractivity contribution in [3.8, 4) is 0 Å². The van der Waals surface area contributed by atoms with Crippen LogP contribution in [-0.2, 0) is 0 Å². The minimum atomic E-state index is -0.724. The number of halogens is 6. The molecule has 1 aromatic rings. The first-order valence-electron chi connectivity index (χ1n) is 3.06. The van der Waals surface area contributed by atoms with Gasteiger partial charge in [0.2, 0.25) is 0 Å². The third-order valence-corrected chi connectivity index (χ3v) is 4.06. The number of alkyl halides is 2. The summed E-state index contributed by atoms with van der Waals surface area (Å²) in [6.07, 6.45) is 0. The molecule has 0 unspecified atom stereocenters. The lowest BCUT2D eigenvalue weighted by atomic mass is 10.2. The van der Waals surface area contributed by atoms with E-state index in [9.17, 15) is 0 Å². The van der Waals surface area contributed by atoms with Crippen molar-refractivity contribution in [2.45, 2.75) is 4.84 Å². The highest BCUT2D eigenvalue weighted by molar-refractivity contribution is 9.10. The highest BCUT2D eigenvalue weighted by Gasteiger charge is 2.16. The fourth-order valence-electron chi connectivity index (χ4n) is 0.750. The minimum absolute atomic E-state index is 0.249. The third kappa shape index (κ3) is 2.58. The first-order valence-corrected chi connectivity index (χ1v) is 5.86. The van der Waals surface area contributed by atoms with Crippen molar-refractivity contribution >= 4 is 73.9 Å². The van der Waals surface area contributed by atoms with Gasteiger partial charge in [0.25, 0.3) is 0 Å². The van der Waals surface area contributed by atoms with E-state index in [1.54, 1.807) is 6.07 Å². The Labute approximate surface area is 109 Å². The van der Waals surface area contributed by atoms with Crippen molar-refractivity contribution in [2.75, 3.05) is 0 Å². The van der Waals surface area contributed by atoms with Gasteiger partial charge < -0.3 is 0 Å². The van der Waals surface area contributed by atoms with Gasteiger partial charge in [-0.25, -0.2) is 0 Å². The average molecular weight is 343 g/mol. The molecule has 0 radical (unpaired) electrons. The topological polar surface area (TPSA) is 0 Å². The largest absolute Gasteiger partial charge is 0.134 e. The molecule has 6 heteroatoms. The first kappa shape index (κ1) is 12.2. The molecule has 0 saturated carbocycles. The molecule has 0 atom stereocenters. The van der Waals surface area contributed by atoms with Gasteiger partial charge in [0.15, 0.2) is 0 Å². The molecule has 0 spiro atoms. The van der Waals surface area contributed by atoms with E-state index in [1.807, 2.05) is 0 Å². The summed E-state index contributed by atoms with van der Waals surface area (Å²) in [5.74, 6) is 0. The standard InChI is InChI=1S/C7H2BrCl5/c8-3-1-2(7(12)13)4(9)6(11)5(3)10/h1,7H. The Balaban J connectivity index is 3.41. The molecule has 72 valence electrons. The molecule has 0 fully saturated rings. The Bertz CT molecular complexity index is 336. The van der Waals surface area contributed by atoms with Crippen LogP contribution in [0, 0.1) is 0 Å². The van der Waals surface area contributed by atoms with E-state index in [-0.39, 0.29) is 10.0 Å². The molecule has 1 rings (SSSR count). The monoisotopic (exact) mass is 340 g/mol. The minimum Gasteiger partial charge on any atom is -0.100 e. The van der Waals surface area contributed by atoms with Crippen LogP contribution in [0.3, 0.4) is 0 Å². The van der Waals surface area contributed by atoms with Crippen LogP contribution < -0.4 is 0 Å². The van der Waals surface area contributed by atoms with Gasteiger partial charge in [-0.1, -0.05) is 34.8 Å². The summed E-state index contributed by atoms with van der Waals surface area (Å²) in [7, 11) is 0. The summed E-state index contributed by atoms with van der Waals surface area (Å²) in [5, 5.41) is 0.883. The lowest BCUT2D eigenvalue weighted by Gasteiger charge is -2.09. The van der Waals surface area contributed by atoms with Gasteiger partial charge >= 0.3 is 0 Å². The Kier molecular flexibility index (Phi) is 4.49. The van der Waals surface area contributed by atoms with Crippen LogP contribution in [0.1, 0.15) is 10.4 Å². The van der Waals surface area contributed by atoms with Crippen LogP contribution >= 0.6 is 73.9 Å². The fraction of sp³-hybridized carbons (Fsp3) is 0.143. The van der Waals surface area contributed by atoms with Crippen molar-refractivity contribution in [3.05, 3.63) is 31.2 Å². The van der Waals surface area contributed by atoms with Crippen molar-refractivity contribution in [3.63, 3.8) is 0 Å². The van der Waals surface area contributed by atoms with Crippen molar-refractivity contribution in [2.24, 2.45) is 0 Å². The summed E-state index contributed by atoms with van der Waals surface area (Å²) >= 11 is 32.0. The zero-order valence-corrected chi connectivity index (χ0v) is 11.3. The van der Waals surface area contributed by atoms with Gasteiger partial charge in [0.05, 0.1) is 15.1 Å². The molecular weight excluding hydrogens is 341 g/mol. The Morgan fingerprint density at radius 2 is 1.54 bits per heavy atom. The predicted molar refractivity (Wildman–Crippen MR) is 63.6 cm³/mol. The second kappa shape index (κ2) is 4.78. The molecule has 0 nitrogen and oxygen atoms in total. The Morgan fingerprint density at radius 3 is 2.00 bits per heavy atom. The maximum Gasteiger partial charge on any atom is 0.134 e. The average Bonchev–Trinajstić information content (AvgIpc) is 2.07. The maximum atomic E-state index is 5.86. The highest BCUT2D eigenvalue weighted by atomic mass is 79.9. The predicted octanol–water partition coefficient (Wildman–Crippen LogP) is 5.89. The molecule has 0 aromatic heterocycles. The number of hydrogen-bond acceptors (Lipinski definition) is 0. The molecule has 1 aromatic carbocycles. The van der Waals surface area contributed by atoms with Crippen LogP contribution in [0.25, 0.3) is 0 Å². The molecule has 0 heterocycles. The first-order chi connectivity index (χ1) is 5.95. The molecule has 13 heavy (non-hydrogen) atoms. The van der Waals surface area contributed by atoms with E-state index in [0.29, 0.717) is 15.1 Å². The molecule has 0 bridgehead atoms. The highest BCUT2D eigenvalue weighted by Crippen LogP contribution is 2.42. The Morgan fingerprint density at radius 1 is 1.00 bits per heavy atom. The van der Waals surface area contributed by atoms with Crippen LogP contribution in [0.15, 0.2) is 10.5 Å². The van der Waals surface area contributed by atoms with E-state index < -0.39 is 4.84 Å². The quantitative estimate of drug-likeness (QED) is 0.339. The number of rotatable bonds is 1. The SMILES string of the molecule is Clc1c(Br)cc(C(Cl)Cl)c(Cl)c1Cl. The molecule has 0 N–H and O–H groups in total. The van der Waals surface area contributed by atoms with Gasteiger partial charge in [0, 0.05) is 10.0 Å². The number of hydrogen-bond donors (Lipinski definition) is 0. The second-order valence-electron chi connectivity index (χ2n) is 2.19. The summed E-state index contributed by atoms with van der Waals surface area (Å²) in [4.78, 5) is -0.724. The molecule has 0 aliphatic heterocycles. The van der Waals surface area contributed by atoms with Crippen molar-refractivity contribution in [1.29, 1.82) is 0 Å². The molecule has 0 aliphatic carbocycles. The third-order valence-electron chi connectivity index (χ3n) is 1.37. The zero-order valence-electron chi connectivity index (χ0n) is 5.92. The van der Waals surface area contributed by atoms with Gasteiger partial charge in [-0.2, -0.15) is 0 Å². The van der Waals surface area contributed by atoms with Crippen molar-refractivity contribution in [1.82, 2.24) is 0 Å². The van der Waals surface area contributed by atoms with Crippen LogP contribution in [0.5, 0.6) is 0 Å². The van der Waals surface area contributed by atoms with E-state index in [0.717, 1.165) is 0 Å². The summed E-state index contributed by atoms with van der Waals surface area (Å²) in [5.41, 5.74) is 0.534. The van der Waals surface area contributed by atoms with Crippen LogP contribution in [-0.4, -0.2) is 0 Å². The van der Waals surface area contributed by atoms with E-state index in [2.05, 4.69) is 15.9 Å². The van der Waals surface area contributed by atoms with Crippen LogP contribution in [0.2, 0.25) is 15.1 Å². The van der Waals surface area contributed by atoms with Gasteiger partial charge in [-0.3, -0.25) is 0 Å². The molecule has 0 amide bonds. The Hall–Kier alpha value is 1.15. The smallest absolute Gasteiger partial charge is 0.100 e.